The maximum Gasteiger partial charge on any atom is 0.317 e. The van der Waals surface area contributed by atoms with Gasteiger partial charge >= 0.3 is 5.97 Å². The molecule has 0 radical (unpaired) electrons. The molecule has 21 heavy (non-hydrogen) atoms. The Balaban J connectivity index is 2.42. The molecule has 0 spiro atoms. The predicted molar refractivity (Wildman–Crippen MR) is 84.2 cm³/mol. The minimum atomic E-state index is -0.795. The molecule has 0 amide bonds. The number of nitrogens with zero attached hydrogens (tertiary/aromatic N) is 2. The lowest BCUT2D eigenvalue weighted by Gasteiger charge is -2.22. The molecular formula is C15H19N3O2S. The first kappa shape index (κ1) is 15.4. The lowest BCUT2D eigenvalue weighted by atomic mass is 9.88. The van der Waals surface area contributed by atoms with Gasteiger partial charge in [0.05, 0.1) is 22.9 Å². The second-order valence-electron chi connectivity index (χ2n) is 5.24. The lowest BCUT2D eigenvalue weighted by molar-refractivity contribution is -0.148. The molecule has 5 nitrogen and oxygen atoms in total. The summed E-state index contributed by atoms with van der Waals surface area (Å²) in [7, 11) is 0. The van der Waals surface area contributed by atoms with Crippen LogP contribution in [0.3, 0.4) is 0 Å². The Morgan fingerprint density at radius 3 is 2.76 bits per heavy atom. The molecule has 0 fully saturated rings. The van der Waals surface area contributed by atoms with Crippen molar-refractivity contribution in [3.8, 4) is 10.4 Å². The molecule has 2 heterocycles. The summed E-state index contributed by atoms with van der Waals surface area (Å²) in [5.74, 6) is -0.282. The third kappa shape index (κ3) is 3.05. The number of thiazole rings is 1. The van der Waals surface area contributed by atoms with Gasteiger partial charge < -0.3 is 10.5 Å². The second kappa shape index (κ2) is 5.81. The van der Waals surface area contributed by atoms with Crippen LogP contribution >= 0.6 is 11.3 Å². The maximum absolute atomic E-state index is 12.1. The van der Waals surface area contributed by atoms with Gasteiger partial charge in [-0.3, -0.25) is 9.78 Å². The summed E-state index contributed by atoms with van der Waals surface area (Å²) < 4.78 is 5.13. The van der Waals surface area contributed by atoms with Crippen LogP contribution in [0.4, 0.5) is 5.13 Å². The Hall–Kier alpha value is -1.95. The van der Waals surface area contributed by atoms with E-state index in [0.717, 1.165) is 16.1 Å². The molecule has 0 aliphatic heterocycles. The highest BCUT2D eigenvalue weighted by atomic mass is 32.1. The molecule has 2 rings (SSSR count). The fourth-order valence-electron chi connectivity index (χ4n) is 2.01. The molecule has 0 saturated heterocycles. The maximum atomic E-state index is 12.1. The summed E-state index contributed by atoms with van der Waals surface area (Å²) in [6.45, 7) is 7.68. The minimum Gasteiger partial charge on any atom is -0.465 e. The highest BCUT2D eigenvalue weighted by Gasteiger charge is 2.33. The van der Waals surface area contributed by atoms with E-state index in [9.17, 15) is 4.79 Å². The van der Waals surface area contributed by atoms with Crippen LogP contribution in [0.5, 0.6) is 0 Å². The lowest BCUT2D eigenvalue weighted by Crippen LogP contribution is -2.32. The number of nitrogens with two attached hydrogens (primary N) is 1. The smallest absolute Gasteiger partial charge is 0.317 e. The predicted octanol–water partition coefficient (Wildman–Crippen LogP) is 2.94. The fraction of sp³-hybridized carbons (Fsp3) is 0.400. The number of aryl methyl sites for hydroxylation is 1. The number of hydrogen-bond donors (Lipinski definition) is 1. The molecule has 0 unspecified atom stereocenters. The standard InChI is InChI=1S/C15H19N3O2S/c1-5-20-13(19)15(3,4)11-8-10(6-7-17-11)12-9(2)18-14(16)21-12/h6-8H,5H2,1-4H3,(H2,16,18). The van der Waals surface area contributed by atoms with Crippen molar-refractivity contribution in [3.63, 3.8) is 0 Å². The number of anilines is 1. The molecule has 0 bridgehead atoms. The Morgan fingerprint density at radius 2 is 2.19 bits per heavy atom. The van der Waals surface area contributed by atoms with Crippen molar-refractivity contribution >= 4 is 22.4 Å². The van der Waals surface area contributed by atoms with Gasteiger partial charge in [-0.25, -0.2) is 4.98 Å². The molecule has 0 atom stereocenters. The Morgan fingerprint density at radius 1 is 1.48 bits per heavy atom. The zero-order valence-corrected chi connectivity index (χ0v) is 13.5. The van der Waals surface area contributed by atoms with Crippen LogP contribution in [-0.2, 0) is 14.9 Å². The molecule has 0 aliphatic rings. The number of ether oxygens (including phenoxy) is 1. The van der Waals surface area contributed by atoms with Gasteiger partial charge in [0.15, 0.2) is 5.13 Å². The summed E-state index contributed by atoms with van der Waals surface area (Å²) in [5.41, 5.74) is 7.46. The van der Waals surface area contributed by atoms with Gasteiger partial charge in [0.1, 0.15) is 5.41 Å². The van der Waals surface area contributed by atoms with Crippen LogP contribution < -0.4 is 5.73 Å². The number of aromatic nitrogens is 2. The van der Waals surface area contributed by atoms with E-state index >= 15 is 0 Å². The van der Waals surface area contributed by atoms with E-state index in [1.54, 1.807) is 13.1 Å². The van der Waals surface area contributed by atoms with E-state index in [1.165, 1.54) is 11.3 Å². The largest absolute Gasteiger partial charge is 0.465 e. The first-order chi connectivity index (χ1) is 9.86. The minimum absolute atomic E-state index is 0.282. The van der Waals surface area contributed by atoms with Crippen molar-refractivity contribution in [3.05, 3.63) is 29.7 Å². The molecule has 2 aromatic heterocycles. The second-order valence-corrected chi connectivity index (χ2v) is 6.27. The topological polar surface area (TPSA) is 78.1 Å². The van der Waals surface area contributed by atoms with Gasteiger partial charge in [0.25, 0.3) is 0 Å². The molecule has 2 aromatic rings. The van der Waals surface area contributed by atoms with E-state index in [0.29, 0.717) is 17.4 Å². The van der Waals surface area contributed by atoms with Gasteiger partial charge in [-0.2, -0.15) is 0 Å². The van der Waals surface area contributed by atoms with Gasteiger partial charge in [-0.1, -0.05) is 11.3 Å². The number of rotatable bonds is 4. The molecule has 2 N–H and O–H groups in total. The first-order valence-corrected chi connectivity index (χ1v) is 7.55. The first-order valence-electron chi connectivity index (χ1n) is 6.73. The van der Waals surface area contributed by atoms with Crippen LogP contribution in [0.1, 0.15) is 32.2 Å². The average Bonchev–Trinajstić information content (AvgIpc) is 2.78. The van der Waals surface area contributed by atoms with Crippen molar-refractivity contribution in [2.75, 3.05) is 12.3 Å². The van der Waals surface area contributed by atoms with E-state index in [4.69, 9.17) is 10.5 Å². The number of hydrogen-bond acceptors (Lipinski definition) is 6. The highest BCUT2D eigenvalue weighted by Crippen LogP contribution is 2.33. The highest BCUT2D eigenvalue weighted by molar-refractivity contribution is 7.18. The Kier molecular flexibility index (Phi) is 4.27. The van der Waals surface area contributed by atoms with E-state index in [1.807, 2.05) is 32.9 Å². The molecular weight excluding hydrogens is 286 g/mol. The normalized spacial score (nSPS) is 11.4. The number of esters is 1. The average molecular weight is 305 g/mol. The van der Waals surface area contributed by atoms with Gasteiger partial charge in [0, 0.05) is 6.20 Å². The SMILES string of the molecule is CCOC(=O)C(C)(C)c1cc(-c2sc(N)nc2C)ccn1. The van der Waals surface area contributed by atoms with Crippen LogP contribution in [0.15, 0.2) is 18.3 Å². The number of carbonyl (C=O) groups excluding carboxylic acids is 1. The van der Waals surface area contributed by atoms with Gasteiger partial charge in [-0.05, 0) is 45.4 Å². The van der Waals surface area contributed by atoms with E-state index in [-0.39, 0.29) is 5.97 Å². The number of pyridine rings is 1. The molecule has 0 aromatic carbocycles. The van der Waals surface area contributed by atoms with E-state index < -0.39 is 5.41 Å². The number of nitrogen functional groups attached to an aromatic ring is 1. The summed E-state index contributed by atoms with van der Waals surface area (Å²) in [5, 5.41) is 0.533. The summed E-state index contributed by atoms with van der Waals surface area (Å²) in [6.07, 6.45) is 1.70. The van der Waals surface area contributed by atoms with Crippen molar-refractivity contribution in [2.45, 2.75) is 33.1 Å². The molecule has 112 valence electrons. The molecule has 0 aliphatic carbocycles. The summed E-state index contributed by atoms with van der Waals surface area (Å²) >= 11 is 1.43. The summed E-state index contributed by atoms with van der Waals surface area (Å²) in [6, 6.07) is 3.79. The van der Waals surface area contributed by atoms with Crippen LogP contribution in [-0.4, -0.2) is 22.5 Å². The van der Waals surface area contributed by atoms with Crippen molar-refractivity contribution < 1.29 is 9.53 Å². The quantitative estimate of drug-likeness (QED) is 0.879. The van der Waals surface area contributed by atoms with Crippen LogP contribution in [0.25, 0.3) is 10.4 Å². The third-order valence-electron chi connectivity index (χ3n) is 3.26. The zero-order valence-electron chi connectivity index (χ0n) is 12.6. The van der Waals surface area contributed by atoms with Crippen molar-refractivity contribution in [1.82, 2.24) is 9.97 Å². The molecule has 6 heteroatoms. The Bertz CT molecular complexity index is 665. The van der Waals surface area contributed by atoms with Crippen molar-refractivity contribution in [1.29, 1.82) is 0 Å². The Labute approximate surface area is 128 Å². The summed E-state index contributed by atoms with van der Waals surface area (Å²) in [4.78, 5) is 21.6. The van der Waals surface area contributed by atoms with Crippen LogP contribution in [0, 0.1) is 6.92 Å². The van der Waals surface area contributed by atoms with E-state index in [2.05, 4.69) is 9.97 Å². The monoisotopic (exact) mass is 305 g/mol. The van der Waals surface area contributed by atoms with Gasteiger partial charge in [0.2, 0.25) is 0 Å². The number of carbonyl (C=O) groups is 1. The fourth-order valence-corrected chi connectivity index (χ4v) is 2.84. The van der Waals surface area contributed by atoms with Crippen molar-refractivity contribution in [2.24, 2.45) is 0 Å². The molecule has 0 saturated carbocycles. The third-order valence-corrected chi connectivity index (χ3v) is 4.30. The van der Waals surface area contributed by atoms with Gasteiger partial charge in [-0.15, -0.1) is 0 Å². The zero-order chi connectivity index (χ0) is 15.6. The van der Waals surface area contributed by atoms with Crippen LogP contribution in [0.2, 0.25) is 0 Å².